The van der Waals surface area contributed by atoms with Gasteiger partial charge >= 0.3 is 0 Å². The molecule has 0 atom stereocenters. The van der Waals surface area contributed by atoms with Crippen LogP contribution in [0.3, 0.4) is 0 Å². The minimum atomic E-state index is 0.182. The van der Waals surface area contributed by atoms with Crippen LogP contribution in [0.15, 0.2) is 24.3 Å². The van der Waals surface area contributed by atoms with Gasteiger partial charge in [0, 0.05) is 7.05 Å². The second kappa shape index (κ2) is 5.78. The lowest BCUT2D eigenvalue weighted by Gasteiger charge is -2.03. The molecule has 4 heteroatoms. The largest absolute Gasteiger partial charge is 0.331 e. The molecule has 0 saturated carbocycles. The van der Waals surface area contributed by atoms with Crippen molar-refractivity contribution in [1.29, 1.82) is 0 Å². The molecule has 96 valence electrons. The van der Waals surface area contributed by atoms with Crippen LogP contribution < -0.4 is 5.32 Å². The summed E-state index contributed by atoms with van der Waals surface area (Å²) in [6.45, 7) is 3.40. The van der Waals surface area contributed by atoms with Gasteiger partial charge in [0.25, 0.3) is 0 Å². The van der Waals surface area contributed by atoms with E-state index in [-0.39, 0.29) is 5.78 Å². The predicted molar refractivity (Wildman–Crippen MR) is 72.6 cm³/mol. The van der Waals surface area contributed by atoms with Crippen molar-refractivity contribution in [2.75, 3.05) is 13.1 Å². The molecule has 0 spiro atoms. The smallest absolute Gasteiger partial charge is 0.154 e. The minimum absolute atomic E-state index is 0.182. The molecule has 0 saturated heterocycles. The number of nitrogens with zero attached hydrogens (tertiary/aromatic N) is 2. The second-order valence-electron chi connectivity index (χ2n) is 4.47. The van der Waals surface area contributed by atoms with Crippen molar-refractivity contribution in [3.63, 3.8) is 0 Å². The number of fused-ring (bicyclic) bond motifs is 1. The van der Waals surface area contributed by atoms with Crippen molar-refractivity contribution in [3.05, 3.63) is 30.1 Å². The van der Waals surface area contributed by atoms with Gasteiger partial charge in [-0.3, -0.25) is 4.79 Å². The summed E-state index contributed by atoms with van der Waals surface area (Å²) < 4.78 is 1.99. The van der Waals surface area contributed by atoms with E-state index in [1.807, 2.05) is 35.9 Å². The lowest BCUT2D eigenvalue weighted by Crippen LogP contribution is -2.25. The van der Waals surface area contributed by atoms with Crippen LogP contribution in [0.2, 0.25) is 0 Å². The van der Waals surface area contributed by atoms with Gasteiger partial charge in [-0.05, 0) is 25.1 Å². The Morgan fingerprint density at radius 3 is 2.89 bits per heavy atom. The summed E-state index contributed by atoms with van der Waals surface area (Å²) in [5.74, 6) is 1.02. The predicted octanol–water partition coefficient (Wildman–Crippen LogP) is 1.68. The first kappa shape index (κ1) is 12.8. The van der Waals surface area contributed by atoms with Crippen molar-refractivity contribution in [3.8, 4) is 0 Å². The molecule has 0 bridgehead atoms. The van der Waals surface area contributed by atoms with Gasteiger partial charge in [0.1, 0.15) is 5.82 Å². The van der Waals surface area contributed by atoms with Gasteiger partial charge < -0.3 is 9.88 Å². The molecule has 0 fully saturated rings. The molecule has 1 N–H and O–H groups in total. The van der Waals surface area contributed by atoms with E-state index >= 15 is 0 Å². The number of carbonyl (C=O) groups excluding carboxylic acids is 1. The van der Waals surface area contributed by atoms with Crippen LogP contribution in [0.5, 0.6) is 0 Å². The highest BCUT2D eigenvalue weighted by Crippen LogP contribution is 2.14. The summed E-state index contributed by atoms with van der Waals surface area (Å²) in [5.41, 5.74) is 2.02. The Balaban J connectivity index is 2.07. The number of hydrogen-bond acceptors (Lipinski definition) is 3. The molecule has 0 radical (unpaired) electrons. The summed E-state index contributed by atoms with van der Waals surface area (Å²) in [7, 11) is 1.96. The Labute approximate surface area is 107 Å². The number of benzene rings is 1. The molecule has 0 aliphatic rings. The Morgan fingerprint density at radius 1 is 1.39 bits per heavy atom. The Morgan fingerprint density at radius 2 is 2.17 bits per heavy atom. The van der Waals surface area contributed by atoms with Crippen LogP contribution in [-0.2, 0) is 18.3 Å². The summed E-state index contributed by atoms with van der Waals surface area (Å²) in [6, 6.07) is 7.94. The first-order valence-corrected chi connectivity index (χ1v) is 6.35. The highest BCUT2D eigenvalue weighted by Gasteiger charge is 2.10. The molecule has 1 heterocycles. The van der Waals surface area contributed by atoms with Crippen molar-refractivity contribution in [2.24, 2.45) is 7.05 Å². The van der Waals surface area contributed by atoms with E-state index in [0.29, 0.717) is 13.0 Å². The third-order valence-electron chi connectivity index (χ3n) is 2.98. The zero-order chi connectivity index (χ0) is 13.0. The van der Waals surface area contributed by atoms with E-state index in [9.17, 15) is 4.79 Å². The second-order valence-corrected chi connectivity index (χ2v) is 4.47. The molecule has 4 nitrogen and oxygen atoms in total. The van der Waals surface area contributed by atoms with Gasteiger partial charge in [-0.25, -0.2) is 4.98 Å². The van der Waals surface area contributed by atoms with E-state index in [2.05, 4.69) is 17.2 Å². The molecule has 1 aromatic carbocycles. The fraction of sp³-hybridized carbons (Fsp3) is 0.429. The fourth-order valence-corrected chi connectivity index (χ4v) is 2.00. The Bertz CT molecular complexity index is 545. The molecular weight excluding hydrogens is 226 g/mol. The van der Waals surface area contributed by atoms with Crippen molar-refractivity contribution >= 4 is 16.8 Å². The van der Waals surface area contributed by atoms with Gasteiger partial charge in [0.15, 0.2) is 5.78 Å². The van der Waals surface area contributed by atoms with Crippen LogP contribution in [0.1, 0.15) is 19.2 Å². The molecule has 0 aliphatic heterocycles. The van der Waals surface area contributed by atoms with Gasteiger partial charge in [-0.1, -0.05) is 19.1 Å². The van der Waals surface area contributed by atoms with Crippen LogP contribution >= 0.6 is 0 Å². The lowest BCUT2D eigenvalue weighted by atomic mass is 10.2. The zero-order valence-corrected chi connectivity index (χ0v) is 10.9. The molecule has 2 rings (SSSR count). The normalized spacial score (nSPS) is 11.0. The number of aryl methyl sites for hydroxylation is 1. The minimum Gasteiger partial charge on any atom is -0.331 e. The SMILES string of the molecule is CCCNCC(=O)Cc1nc2ccccc2n1C. The van der Waals surface area contributed by atoms with Crippen LogP contribution in [0, 0.1) is 0 Å². The van der Waals surface area contributed by atoms with Crippen molar-refractivity contribution < 1.29 is 4.79 Å². The lowest BCUT2D eigenvalue weighted by molar-refractivity contribution is -0.117. The van der Waals surface area contributed by atoms with Crippen LogP contribution in [-0.4, -0.2) is 28.4 Å². The highest BCUT2D eigenvalue weighted by atomic mass is 16.1. The van der Waals surface area contributed by atoms with Crippen molar-refractivity contribution in [1.82, 2.24) is 14.9 Å². The Kier molecular flexibility index (Phi) is 4.10. The molecule has 0 aliphatic carbocycles. The van der Waals surface area contributed by atoms with Gasteiger partial charge in [-0.2, -0.15) is 0 Å². The molecule has 0 amide bonds. The van der Waals surface area contributed by atoms with Crippen LogP contribution in [0.25, 0.3) is 11.0 Å². The van der Waals surface area contributed by atoms with E-state index < -0.39 is 0 Å². The third kappa shape index (κ3) is 2.76. The maximum atomic E-state index is 11.8. The standard InChI is InChI=1S/C14H19N3O/c1-3-8-15-10-11(18)9-14-16-12-6-4-5-7-13(12)17(14)2/h4-7,15H,3,8-10H2,1-2H3. The molecule has 18 heavy (non-hydrogen) atoms. The number of carbonyl (C=O) groups is 1. The number of Topliss-reactive ketones (excluding diaryl/α,β-unsaturated/α-hetero) is 1. The summed E-state index contributed by atoms with van der Waals surface area (Å²) in [5, 5.41) is 3.12. The number of rotatable bonds is 6. The van der Waals surface area contributed by atoms with Gasteiger partial charge in [0.2, 0.25) is 0 Å². The van der Waals surface area contributed by atoms with Gasteiger partial charge in [-0.15, -0.1) is 0 Å². The maximum Gasteiger partial charge on any atom is 0.154 e. The number of imidazole rings is 1. The van der Waals surface area contributed by atoms with Gasteiger partial charge in [0.05, 0.1) is 24.0 Å². The summed E-state index contributed by atoms with van der Waals surface area (Å²) in [6.07, 6.45) is 1.43. The monoisotopic (exact) mass is 245 g/mol. The molecule has 0 unspecified atom stereocenters. The van der Waals surface area contributed by atoms with Crippen LogP contribution in [0.4, 0.5) is 0 Å². The van der Waals surface area contributed by atoms with E-state index in [4.69, 9.17) is 0 Å². The fourth-order valence-electron chi connectivity index (χ4n) is 2.00. The third-order valence-corrected chi connectivity index (χ3v) is 2.98. The maximum absolute atomic E-state index is 11.8. The first-order chi connectivity index (χ1) is 8.72. The number of aromatic nitrogens is 2. The number of nitrogens with one attached hydrogen (secondary N) is 1. The quantitative estimate of drug-likeness (QED) is 0.788. The Hall–Kier alpha value is -1.68. The summed E-state index contributed by atoms with van der Waals surface area (Å²) in [4.78, 5) is 16.3. The molecule has 2 aromatic rings. The van der Waals surface area contributed by atoms with E-state index in [1.54, 1.807) is 0 Å². The first-order valence-electron chi connectivity index (χ1n) is 6.35. The van der Waals surface area contributed by atoms with Crippen molar-refractivity contribution in [2.45, 2.75) is 19.8 Å². The summed E-state index contributed by atoms with van der Waals surface area (Å²) >= 11 is 0. The van der Waals surface area contributed by atoms with E-state index in [0.717, 1.165) is 29.8 Å². The van der Waals surface area contributed by atoms with E-state index in [1.165, 1.54) is 0 Å². The zero-order valence-electron chi connectivity index (χ0n) is 10.9. The average molecular weight is 245 g/mol. The molecular formula is C14H19N3O. The number of ketones is 1. The average Bonchev–Trinajstić information content (AvgIpc) is 2.67. The molecule has 1 aromatic heterocycles. The number of hydrogen-bond donors (Lipinski definition) is 1. The topological polar surface area (TPSA) is 46.9 Å². The number of para-hydroxylation sites is 2. The highest BCUT2D eigenvalue weighted by molar-refractivity contribution is 5.84.